The van der Waals surface area contributed by atoms with Crippen molar-refractivity contribution in [3.63, 3.8) is 0 Å². The number of hydrogen-bond acceptors (Lipinski definition) is 4. The van der Waals surface area contributed by atoms with Crippen LogP contribution in [0.15, 0.2) is 12.1 Å². The second-order valence-electron chi connectivity index (χ2n) is 5.50. The molecule has 0 saturated carbocycles. The summed E-state index contributed by atoms with van der Waals surface area (Å²) in [6.07, 6.45) is -9.22. The number of Topliss-reactive ketones (excluding diaryl/α,β-unsaturated/α-hetero) is 1. The summed E-state index contributed by atoms with van der Waals surface area (Å²) in [6.45, 7) is 0.984. The fraction of sp³-hybridized carbons (Fsp3) is 0.188. The van der Waals surface area contributed by atoms with Gasteiger partial charge in [0.25, 0.3) is 0 Å². The minimum absolute atomic E-state index is 0.521. The van der Waals surface area contributed by atoms with Crippen molar-refractivity contribution in [1.82, 2.24) is 4.98 Å². The Balaban J connectivity index is 2.90. The summed E-state index contributed by atoms with van der Waals surface area (Å²) in [4.78, 5) is 26.6. The molecule has 3 N–H and O–H groups in total. The van der Waals surface area contributed by atoms with Gasteiger partial charge in [-0.15, -0.1) is 0 Å². The Morgan fingerprint density at radius 3 is 2.29 bits per heavy atom. The van der Waals surface area contributed by atoms with Crippen LogP contribution in [-0.2, 0) is 0 Å². The summed E-state index contributed by atoms with van der Waals surface area (Å²) in [5, 5.41) is 7.69. The molecule has 2 aromatic rings. The predicted molar refractivity (Wildman–Crippen MR) is 90.9 cm³/mol. The van der Waals surface area contributed by atoms with Gasteiger partial charge in [-0.1, -0.05) is 23.2 Å². The van der Waals surface area contributed by atoms with Crippen LogP contribution in [0.2, 0.25) is 10.0 Å². The van der Waals surface area contributed by atoms with E-state index < -0.39 is 73.7 Å². The number of nitrogens with zero attached hydrogens (tertiary/aromatic N) is 1. The van der Waals surface area contributed by atoms with Crippen LogP contribution < -0.4 is 5.73 Å². The molecule has 12 heteroatoms. The molecule has 28 heavy (non-hydrogen) atoms. The second-order valence-corrected chi connectivity index (χ2v) is 6.28. The Labute approximate surface area is 163 Å². The first kappa shape index (κ1) is 21.8. The molecule has 150 valence electrons. The number of pyridine rings is 1. The van der Waals surface area contributed by atoms with E-state index >= 15 is 0 Å². The number of anilines is 1. The van der Waals surface area contributed by atoms with Gasteiger partial charge in [0, 0.05) is 5.56 Å². The van der Waals surface area contributed by atoms with Gasteiger partial charge in [-0.2, -0.15) is 13.2 Å². The van der Waals surface area contributed by atoms with E-state index in [9.17, 15) is 36.6 Å². The van der Waals surface area contributed by atoms with Crippen LogP contribution in [0.1, 0.15) is 39.5 Å². The highest BCUT2D eigenvalue weighted by Gasteiger charge is 2.44. The van der Waals surface area contributed by atoms with Crippen LogP contribution in [0, 0.1) is 5.82 Å². The third kappa shape index (κ3) is 3.74. The average molecular weight is 443 g/mol. The van der Waals surface area contributed by atoms with Crippen LogP contribution in [0.3, 0.4) is 0 Å². The Bertz CT molecular complexity index is 995. The molecule has 2 rings (SSSR count). The van der Waals surface area contributed by atoms with Crippen molar-refractivity contribution >= 4 is 40.6 Å². The lowest BCUT2D eigenvalue weighted by Crippen LogP contribution is -2.19. The largest absolute Gasteiger partial charge is 0.476 e. The maximum absolute atomic E-state index is 14.8. The highest BCUT2D eigenvalue weighted by atomic mass is 35.5. The molecule has 0 aliphatic carbocycles. The lowest BCUT2D eigenvalue weighted by Gasteiger charge is -2.18. The Kier molecular flexibility index (Phi) is 5.86. The van der Waals surface area contributed by atoms with Crippen LogP contribution in [0.25, 0.3) is 11.3 Å². The summed E-state index contributed by atoms with van der Waals surface area (Å²) in [5.41, 5.74) is 0.725. The molecule has 1 aromatic heterocycles. The van der Waals surface area contributed by atoms with Crippen molar-refractivity contribution in [2.75, 3.05) is 5.73 Å². The molecule has 0 amide bonds. The van der Waals surface area contributed by atoms with Crippen molar-refractivity contribution in [1.29, 1.82) is 0 Å². The zero-order valence-corrected chi connectivity index (χ0v) is 15.2. The summed E-state index contributed by atoms with van der Waals surface area (Å²) in [5.74, 6) is -4.27. The molecule has 0 fully saturated rings. The molecule has 5 nitrogen and oxygen atoms in total. The standard InChI is InChI=1S/C16H9Cl2F5N2O3/c1-4(26)7-9(18)13(15(27)28)25-12(11(7)24)5-2-3-6(17)8(10(5)19)14(20)16(21,22)23/h2-3,14H,24H2,1H3,(H,27,28). The molecule has 0 bridgehead atoms. The van der Waals surface area contributed by atoms with E-state index in [2.05, 4.69) is 4.98 Å². The fourth-order valence-electron chi connectivity index (χ4n) is 2.42. The molecular formula is C16H9Cl2F5N2O3. The van der Waals surface area contributed by atoms with Crippen molar-refractivity contribution < 1.29 is 36.6 Å². The van der Waals surface area contributed by atoms with Gasteiger partial charge in [0.15, 0.2) is 11.5 Å². The number of ketones is 1. The molecule has 1 heterocycles. The molecule has 1 atom stereocenters. The maximum Gasteiger partial charge on any atom is 0.424 e. The molecule has 0 saturated heterocycles. The number of carbonyl (C=O) groups excluding carboxylic acids is 1. The second kappa shape index (κ2) is 7.51. The minimum atomic E-state index is -5.46. The normalized spacial score (nSPS) is 12.7. The lowest BCUT2D eigenvalue weighted by molar-refractivity contribution is -0.183. The highest BCUT2D eigenvalue weighted by molar-refractivity contribution is 6.37. The first-order valence-electron chi connectivity index (χ1n) is 7.21. The number of alkyl halides is 4. The van der Waals surface area contributed by atoms with Crippen molar-refractivity contribution in [2.24, 2.45) is 0 Å². The van der Waals surface area contributed by atoms with E-state index in [4.69, 9.17) is 28.9 Å². The molecule has 1 unspecified atom stereocenters. The first-order chi connectivity index (χ1) is 12.8. The SMILES string of the molecule is CC(=O)c1c(N)c(-c2ccc(Cl)c(C(F)C(F)(F)F)c2F)nc(C(=O)O)c1Cl. The quantitative estimate of drug-likeness (QED) is 0.498. The Morgan fingerprint density at radius 1 is 1.25 bits per heavy atom. The number of aromatic carboxylic acids is 1. The van der Waals surface area contributed by atoms with Crippen LogP contribution in [-0.4, -0.2) is 28.0 Å². The van der Waals surface area contributed by atoms with Crippen molar-refractivity contribution in [3.05, 3.63) is 44.8 Å². The van der Waals surface area contributed by atoms with Gasteiger partial charge in [-0.25, -0.2) is 18.6 Å². The van der Waals surface area contributed by atoms with Gasteiger partial charge in [0.2, 0.25) is 6.17 Å². The van der Waals surface area contributed by atoms with Crippen LogP contribution in [0.5, 0.6) is 0 Å². The first-order valence-corrected chi connectivity index (χ1v) is 7.96. The molecule has 0 radical (unpaired) electrons. The maximum atomic E-state index is 14.8. The number of aromatic nitrogens is 1. The molecule has 1 aromatic carbocycles. The van der Waals surface area contributed by atoms with Gasteiger partial charge < -0.3 is 10.8 Å². The highest BCUT2D eigenvalue weighted by Crippen LogP contribution is 2.44. The molecule has 0 aliphatic rings. The van der Waals surface area contributed by atoms with Crippen molar-refractivity contribution in [2.45, 2.75) is 19.3 Å². The number of carbonyl (C=O) groups is 2. The number of halogens is 7. The number of benzene rings is 1. The van der Waals surface area contributed by atoms with Gasteiger partial charge in [0.05, 0.1) is 32.6 Å². The smallest absolute Gasteiger partial charge is 0.424 e. The van der Waals surface area contributed by atoms with E-state index in [1.807, 2.05) is 0 Å². The topological polar surface area (TPSA) is 93.3 Å². The number of hydrogen-bond donors (Lipinski definition) is 2. The van der Waals surface area contributed by atoms with E-state index in [0.29, 0.717) is 0 Å². The van der Waals surface area contributed by atoms with Crippen LogP contribution >= 0.6 is 23.2 Å². The monoisotopic (exact) mass is 442 g/mol. The van der Waals surface area contributed by atoms with E-state index in [1.165, 1.54) is 0 Å². The Morgan fingerprint density at radius 2 is 1.82 bits per heavy atom. The van der Waals surface area contributed by atoms with Crippen LogP contribution in [0.4, 0.5) is 27.6 Å². The third-order valence-corrected chi connectivity index (χ3v) is 4.35. The van der Waals surface area contributed by atoms with E-state index in [0.717, 1.165) is 19.1 Å². The summed E-state index contributed by atoms with van der Waals surface area (Å²) in [6, 6.07) is 1.59. The van der Waals surface area contributed by atoms with E-state index in [1.54, 1.807) is 0 Å². The number of carboxylic acid groups (broad SMARTS) is 1. The van der Waals surface area contributed by atoms with Gasteiger partial charge >= 0.3 is 12.1 Å². The summed E-state index contributed by atoms with van der Waals surface area (Å²) in [7, 11) is 0. The summed E-state index contributed by atoms with van der Waals surface area (Å²) >= 11 is 11.3. The predicted octanol–water partition coefficient (Wildman–Crippen LogP) is 5.25. The van der Waals surface area contributed by atoms with Gasteiger partial charge in [-0.05, 0) is 19.1 Å². The minimum Gasteiger partial charge on any atom is -0.476 e. The Hall–Kier alpha value is -2.46. The fourth-order valence-corrected chi connectivity index (χ4v) is 3.02. The number of nitrogen functional groups attached to an aromatic ring is 1. The zero-order valence-electron chi connectivity index (χ0n) is 13.7. The van der Waals surface area contributed by atoms with Gasteiger partial charge in [0.1, 0.15) is 5.82 Å². The zero-order chi connectivity index (χ0) is 21.5. The average Bonchev–Trinajstić information content (AvgIpc) is 2.54. The van der Waals surface area contributed by atoms with Crippen molar-refractivity contribution in [3.8, 4) is 11.3 Å². The summed E-state index contributed by atoms with van der Waals surface area (Å²) < 4.78 is 66.7. The number of rotatable bonds is 4. The lowest BCUT2D eigenvalue weighted by atomic mass is 9.98. The molecule has 0 aliphatic heterocycles. The number of nitrogens with two attached hydrogens (primary N) is 1. The third-order valence-electron chi connectivity index (χ3n) is 3.65. The molecular weight excluding hydrogens is 434 g/mol. The number of carboxylic acids is 1. The van der Waals surface area contributed by atoms with Gasteiger partial charge in [-0.3, -0.25) is 4.79 Å². The van der Waals surface area contributed by atoms with E-state index in [-0.39, 0.29) is 0 Å². The molecule has 0 spiro atoms.